The summed E-state index contributed by atoms with van der Waals surface area (Å²) in [5, 5.41) is 0. The van der Waals surface area contributed by atoms with Crippen LogP contribution in [-0.2, 0) is 6.42 Å². The number of nitrogens with zero attached hydrogens (tertiary/aromatic N) is 1. The standard InChI is InChI=1S/C13H18N2O2/c1-13(2,3)15(12(14)16)10-6-4-5-9-7-8-17-11(9)10/h4-6H,7-8H2,1-3H3,(H2,14,16). The van der Waals surface area contributed by atoms with Crippen LogP contribution in [0.4, 0.5) is 10.5 Å². The van der Waals surface area contributed by atoms with Crippen LogP contribution >= 0.6 is 0 Å². The lowest BCUT2D eigenvalue weighted by Gasteiger charge is -2.34. The first-order valence-corrected chi connectivity index (χ1v) is 5.75. The summed E-state index contributed by atoms with van der Waals surface area (Å²) >= 11 is 0. The fourth-order valence-corrected chi connectivity index (χ4v) is 2.18. The third kappa shape index (κ3) is 2.07. The number of hydrogen-bond donors (Lipinski definition) is 1. The van der Waals surface area contributed by atoms with Gasteiger partial charge in [-0.25, -0.2) is 4.79 Å². The Labute approximate surface area is 101 Å². The number of carbonyl (C=O) groups excluding carboxylic acids is 1. The molecule has 1 aliphatic heterocycles. The zero-order valence-corrected chi connectivity index (χ0v) is 10.5. The van der Waals surface area contributed by atoms with E-state index in [-0.39, 0.29) is 5.54 Å². The van der Waals surface area contributed by atoms with Gasteiger partial charge in [0.05, 0.1) is 12.3 Å². The molecule has 2 N–H and O–H groups in total. The molecule has 0 radical (unpaired) electrons. The number of ether oxygens (including phenoxy) is 1. The zero-order valence-electron chi connectivity index (χ0n) is 10.5. The van der Waals surface area contributed by atoms with Gasteiger partial charge in [0.25, 0.3) is 0 Å². The van der Waals surface area contributed by atoms with Gasteiger partial charge in [-0.15, -0.1) is 0 Å². The maximum atomic E-state index is 11.6. The van der Waals surface area contributed by atoms with E-state index in [4.69, 9.17) is 10.5 Å². The van der Waals surface area contributed by atoms with Crippen LogP contribution in [-0.4, -0.2) is 18.2 Å². The molecule has 0 aliphatic carbocycles. The first-order valence-electron chi connectivity index (χ1n) is 5.75. The van der Waals surface area contributed by atoms with Crippen LogP contribution < -0.4 is 15.4 Å². The van der Waals surface area contributed by atoms with Crippen LogP contribution in [0.15, 0.2) is 18.2 Å². The minimum atomic E-state index is -0.457. The van der Waals surface area contributed by atoms with Crippen LogP contribution in [0.5, 0.6) is 5.75 Å². The summed E-state index contributed by atoms with van der Waals surface area (Å²) in [6.07, 6.45) is 0.889. The molecule has 1 heterocycles. The van der Waals surface area contributed by atoms with Crippen molar-refractivity contribution >= 4 is 11.7 Å². The number of amides is 2. The van der Waals surface area contributed by atoms with Gasteiger partial charge in [-0.05, 0) is 32.4 Å². The van der Waals surface area contributed by atoms with Crippen LogP contribution in [0.1, 0.15) is 26.3 Å². The summed E-state index contributed by atoms with van der Waals surface area (Å²) in [6.45, 7) is 6.52. The Morgan fingerprint density at radius 2 is 2.12 bits per heavy atom. The highest BCUT2D eigenvalue weighted by Gasteiger charge is 2.30. The fraction of sp³-hybridized carbons (Fsp3) is 0.462. The van der Waals surface area contributed by atoms with Gasteiger partial charge in [-0.3, -0.25) is 4.90 Å². The third-order valence-corrected chi connectivity index (χ3v) is 2.83. The summed E-state index contributed by atoms with van der Waals surface area (Å²) in [7, 11) is 0. The monoisotopic (exact) mass is 234 g/mol. The highest BCUT2D eigenvalue weighted by atomic mass is 16.5. The van der Waals surface area contributed by atoms with Crippen molar-refractivity contribution in [2.75, 3.05) is 11.5 Å². The van der Waals surface area contributed by atoms with E-state index < -0.39 is 6.03 Å². The van der Waals surface area contributed by atoms with Gasteiger partial charge < -0.3 is 10.5 Å². The highest BCUT2D eigenvalue weighted by molar-refractivity contribution is 5.94. The Balaban J connectivity index is 2.52. The van der Waals surface area contributed by atoms with Crippen LogP contribution in [0.2, 0.25) is 0 Å². The molecule has 1 aliphatic rings. The van der Waals surface area contributed by atoms with Gasteiger partial charge in [0.1, 0.15) is 5.75 Å². The topological polar surface area (TPSA) is 55.6 Å². The number of rotatable bonds is 1. The van der Waals surface area contributed by atoms with E-state index in [1.807, 2.05) is 39.0 Å². The van der Waals surface area contributed by atoms with Gasteiger partial charge in [-0.1, -0.05) is 12.1 Å². The number of hydrogen-bond acceptors (Lipinski definition) is 2. The molecule has 4 nitrogen and oxygen atoms in total. The summed E-state index contributed by atoms with van der Waals surface area (Å²) < 4.78 is 5.61. The van der Waals surface area contributed by atoms with Gasteiger partial charge in [0.2, 0.25) is 0 Å². The van der Waals surface area contributed by atoms with Crippen molar-refractivity contribution in [3.05, 3.63) is 23.8 Å². The quantitative estimate of drug-likeness (QED) is 0.810. The van der Waals surface area contributed by atoms with E-state index >= 15 is 0 Å². The average Bonchev–Trinajstić information content (AvgIpc) is 2.63. The first-order chi connectivity index (χ1) is 7.91. The van der Waals surface area contributed by atoms with Gasteiger partial charge in [0, 0.05) is 12.0 Å². The summed E-state index contributed by atoms with van der Waals surface area (Å²) in [6, 6.07) is 5.37. The predicted octanol–water partition coefficient (Wildman–Crippen LogP) is 2.31. The van der Waals surface area contributed by atoms with E-state index in [9.17, 15) is 4.79 Å². The molecular weight excluding hydrogens is 216 g/mol. The molecule has 2 rings (SSSR count). The number of nitrogens with two attached hydrogens (primary N) is 1. The van der Waals surface area contributed by atoms with Gasteiger partial charge in [-0.2, -0.15) is 0 Å². The Kier molecular flexibility index (Phi) is 2.73. The smallest absolute Gasteiger partial charge is 0.319 e. The number of benzene rings is 1. The number of urea groups is 1. The lowest BCUT2D eigenvalue weighted by Crippen LogP contribution is -2.48. The molecule has 0 aromatic heterocycles. The Hall–Kier alpha value is -1.71. The Morgan fingerprint density at radius 3 is 2.71 bits per heavy atom. The minimum Gasteiger partial charge on any atom is -0.491 e. The molecule has 1 aromatic carbocycles. The Bertz CT molecular complexity index is 449. The van der Waals surface area contributed by atoms with Gasteiger partial charge in [0.15, 0.2) is 0 Å². The minimum absolute atomic E-state index is 0.368. The van der Waals surface area contributed by atoms with Crippen molar-refractivity contribution in [1.29, 1.82) is 0 Å². The second kappa shape index (κ2) is 3.95. The van der Waals surface area contributed by atoms with Crippen molar-refractivity contribution in [2.24, 2.45) is 5.73 Å². The molecule has 0 saturated heterocycles. The lowest BCUT2D eigenvalue weighted by atomic mass is 10.0. The van der Waals surface area contributed by atoms with E-state index in [0.717, 1.165) is 23.4 Å². The maximum absolute atomic E-state index is 11.6. The molecular formula is C13H18N2O2. The maximum Gasteiger partial charge on any atom is 0.319 e. The third-order valence-electron chi connectivity index (χ3n) is 2.83. The predicted molar refractivity (Wildman–Crippen MR) is 67.5 cm³/mol. The molecule has 0 fully saturated rings. The average molecular weight is 234 g/mol. The number of primary amides is 1. The van der Waals surface area contributed by atoms with Crippen molar-refractivity contribution in [1.82, 2.24) is 0 Å². The van der Waals surface area contributed by atoms with Crippen molar-refractivity contribution < 1.29 is 9.53 Å². The van der Waals surface area contributed by atoms with E-state index in [0.29, 0.717) is 6.61 Å². The van der Waals surface area contributed by atoms with Crippen molar-refractivity contribution in [3.8, 4) is 5.75 Å². The molecule has 1 aromatic rings. The second-order valence-electron chi connectivity index (χ2n) is 5.21. The molecule has 0 bridgehead atoms. The van der Waals surface area contributed by atoms with Crippen LogP contribution in [0, 0.1) is 0 Å². The molecule has 0 saturated carbocycles. The normalized spacial score (nSPS) is 14.1. The Morgan fingerprint density at radius 1 is 1.41 bits per heavy atom. The van der Waals surface area contributed by atoms with Gasteiger partial charge >= 0.3 is 6.03 Å². The molecule has 17 heavy (non-hydrogen) atoms. The molecule has 0 atom stereocenters. The second-order valence-corrected chi connectivity index (χ2v) is 5.21. The summed E-state index contributed by atoms with van der Waals surface area (Å²) in [5.74, 6) is 0.793. The van der Waals surface area contributed by atoms with Crippen LogP contribution in [0.3, 0.4) is 0 Å². The van der Waals surface area contributed by atoms with Crippen molar-refractivity contribution in [3.63, 3.8) is 0 Å². The number of carbonyl (C=O) groups is 1. The lowest BCUT2D eigenvalue weighted by molar-refractivity contribution is 0.248. The number of fused-ring (bicyclic) bond motifs is 1. The number of anilines is 1. The van der Waals surface area contributed by atoms with Crippen molar-refractivity contribution in [2.45, 2.75) is 32.7 Å². The first kappa shape index (κ1) is 11.8. The fourth-order valence-electron chi connectivity index (χ4n) is 2.18. The largest absolute Gasteiger partial charge is 0.491 e. The van der Waals surface area contributed by atoms with E-state index in [1.54, 1.807) is 4.90 Å². The van der Waals surface area contributed by atoms with E-state index in [1.165, 1.54) is 0 Å². The zero-order chi connectivity index (χ0) is 12.6. The summed E-state index contributed by atoms with van der Waals surface area (Å²) in [4.78, 5) is 13.2. The number of para-hydroxylation sites is 1. The van der Waals surface area contributed by atoms with Crippen LogP contribution in [0.25, 0.3) is 0 Å². The summed E-state index contributed by atoms with van der Waals surface area (Å²) in [5.41, 5.74) is 7.01. The highest BCUT2D eigenvalue weighted by Crippen LogP contribution is 2.38. The van der Waals surface area contributed by atoms with E-state index in [2.05, 4.69) is 0 Å². The molecule has 0 spiro atoms. The SMILES string of the molecule is CC(C)(C)N(C(N)=O)c1cccc2c1OCC2. The molecule has 0 unspecified atom stereocenters. The molecule has 4 heteroatoms. The molecule has 92 valence electrons. The molecule has 2 amide bonds.